The molecule has 0 atom stereocenters. The Bertz CT molecular complexity index is 2990. The van der Waals surface area contributed by atoms with Crippen LogP contribution in [-0.2, 0) is 0 Å². The van der Waals surface area contributed by atoms with Crippen LogP contribution in [0.5, 0.6) is 0 Å². The quantitative estimate of drug-likeness (QED) is 0.203. The third kappa shape index (κ3) is 3.65. The molecule has 10 aromatic rings. The highest BCUT2D eigenvalue weighted by Crippen LogP contribution is 2.43. The van der Waals surface area contributed by atoms with Crippen LogP contribution in [0.2, 0.25) is 0 Å². The lowest BCUT2D eigenvalue weighted by Gasteiger charge is -2.12. The molecule has 0 aliphatic rings. The Morgan fingerprint density at radius 2 is 1.22 bits per heavy atom. The van der Waals surface area contributed by atoms with Gasteiger partial charge in [-0.15, -0.1) is 11.3 Å². The largest absolute Gasteiger partial charge is 0.456 e. The third-order valence-electron chi connectivity index (χ3n) is 8.52. The van der Waals surface area contributed by atoms with Crippen molar-refractivity contribution in [2.75, 3.05) is 0 Å². The second-order valence-corrected chi connectivity index (χ2v) is 12.1. The van der Waals surface area contributed by atoms with Crippen molar-refractivity contribution in [2.24, 2.45) is 0 Å². The molecule has 0 N–H and O–H groups in total. The minimum Gasteiger partial charge on any atom is -0.456 e. The lowest BCUT2D eigenvalue weighted by Crippen LogP contribution is -2.03. The van der Waals surface area contributed by atoms with Crippen LogP contribution in [-0.4, -0.2) is 14.5 Å². The Morgan fingerprint density at radius 1 is 0.556 bits per heavy atom. The number of benzene rings is 6. The molecule has 0 fully saturated rings. The van der Waals surface area contributed by atoms with Gasteiger partial charge in [-0.3, -0.25) is 4.57 Å². The molecule has 0 radical (unpaired) electrons. The van der Waals surface area contributed by atoms with Crippen LogP contribution in [0.15, 0.2) is 144 Å². The Morgan fingerprint density at radius 3 is 2.00 bits per heavy atom. The first-order chi connectivity index (χ1) is 24.4. The standard InChI is InChI=1S/C40H23N3OS/c1-2-10-24(11-3-1)30-23-31(42-40(41-30)43-32-15-7-4-12-26(32)27-13-5-8-16-33(27)43)25-18-19-34-29(22-25)38-35(44-34)20-21-37-39(38)28-14-6-9-17-36(28)45-37/h1-23H/i1D,2D,3D,10D,11D. The number of furan rings is 1. The van der Waals surface area contributed by atoms with Crippen molar-refractivity contribution >= 4 is 75.3 Å². The summed E-state index contributed by atoms with van der Waals surface area (Å²) in [4.78, 5) is 10.1. The number of fused-ring (bicyclic) bond motifs is 10. The van der Waals surface area contributed by atoms with Crippen molar-refractivity contribution in [3.63, 3.8) is 0 Å². The Labute approximate surface area is 268 Å². The molecule has 0 aliphatic heterocycles. The zero-order chi connectivity index (χ0) is 33.8. The third-order valence-corrected chi connectivity index (χ3v) is 9.66. The Kier molecular flexibility index (Phi) is 4.21. The topological polar surface area (TPSA) is 43.9 Å². The smallest absolute Gasteiger partial charge is 0.235 e. The average molecular weight is 599 g/mol. The maximum atomic E-state index is 8.81. The van der Waals surface area contributed by atoms with Gasteiger partial charge in [-0.2, -0.15) is 0 Å². The summed E-state index contributed by atoms with van der Waals surface area (Å²) in [5, 5.41) is 6.34. The Hall–Kier alpha value is -5.78. The van der Waals surface area contributed by atoms with E-state index in [4.69, 9.17) is 21.2 Å². The normalized spacial score (nSPS) is 13.6. The van der Waals surface area contributed by atoms with Crippen molar-refractivity contribution in [2.45, 2.75) is 0 Å². The molecule has 6 aromatic carbocycles. The van der Waals surface area contributed by atoms with Crippen LogP contribution in [0.1, 0.15) is 6.85 Å². The summed E-state index contributed by atoms with van der Waals surface area (Å²) < 4.78 is 53.3. The summed E-state index contributed by atoms with van der Waals surface area (Å²) in [7, 11) is 0. The molecule has 0 amide bonds. The highest BCUT2D eigenvalue weighted by Gasteiger charge is 2.19. The zero-order valence-electron chi connectivity index (χ0n) is 28.6. The van der Waals surface area contributed by atoms with Crippen molar-refractivity contribution < 1.29 is 11.3 Å². The van der Waals surface area contributed by atoms with Crippen LogP contribution in [0.3, 0.4) is 0 Å². The van der Waals surface area contributed by atoms with Crippen LogP contribution >= 0.6 is 11.3 Å². The van der Waals surface area contributed by atoms with Crippen LogP contribution in [0.4, 0.5) is 0 Å². The number of hydrogen-bond acceptors (Lipinski definition) is 4. The van der Waals surface area contributed by atoms with Gasteiger partial charge < -0.3 is 4.42 Å². The van der Waals surface area contributed by atoms with Gasteiger partial charge in [0.2, 0.25) is 5.95 Å². The fourth-order valence-corrected chi connectivity index (χ4v) is 7.68. The number of thiophene rings is 1. The maximum absolute atomic E-state index is 8.81. The van der Waals surface area contributed by atoms with Gasteiger partial charge in [0.25, 0.3) is 0 Å². The average Bonchev–Trinajstić information content (AvgIpc) is 3.82. The van der Waals surface area contributed by atoms with Crippen molar-refractivity contribution in [1.29, 1.82) is 0 Å². The molecular formula is C40H23N3OS. The molecule has 0 unspecified atom stereocenters. The van der Waals surface area contributed by atoms with Crippen molar-refractivity contribution in [3.8, 4) is 28.5 Å². The molecule has 0 bridgehead atoms. The van der Waals surface area contributed by atoms with Crippen LogP contribution in [0, 0.1) is 0 Å². The highest BCUT2D eigenvalue weighted by atomic mass is 32.1. The van der Waals surface area contributed by atoms with Gasteiger partial charge >= 0.3 is 0 Å². The molecule has 0 aliphatic carbocycles. The van der Waals surface area contributed by atoms with Gasteiger partial charge in [0, 0.05) is 52.8 Å². The fourth-order valence-electron chi connectivity index (χ4n) is 6.57. The second kappa shape index (κ2) is 9.36. The molecule has 0 saturated heterocycles. The van der Waals surface area contributed by atoms with Gasteiger partial charge in [0.05, 0.1) is 29.3 Å². The monoisotopic (exact) mass is 598 g/mol. The van der Waals surface area contributed by atoms with E-state index in [1.54, 1.807) is 17.4 Å². The number of para-hydroxylation sites is 2. The summed E-state index contributed by atoms with van der Waals surface area (Å²) in [5.74, 6) is 0.324. The van der Waals surface area contributed by atoms with Gasteiger partial charge in [-0.25, -0.2) is 9.97 Å². The summed E-state index contributed by atoms with van der Waals surface area (Å²) in [6, 6.07) is 34.3. The molecule has 4 nitrogen and oxygen atoms in total. The molecular weight excluding hydrogens is 571 g/mol. The lowest BCUT2D eigenvalue weighted by molar-refractivity contribution is 0.669. The molecule has 210 valence electrons. The van der Waals surface area contributed by atoms with Gasteiger partial charge in [-0.05, 0) is 54.6 Å². The summed E-state index contributed by atoms with van der Waals surface area (Å²) in [6.45, 7) is 0. The summed E-state index contributed by atoms with van der Waals surface area (Å²) >= 11 is 1.75. The zero-order valence-corrected chi connectivity index (χ0v) is 24.4. The number of aromatic nitrogens is 3. The Balaban J connectivity index is 1.30. The number of hydrogen-bond donors (Lipinski definition) is 0. The molecule has 0 spiro atoms. The molecule has 10 rings (SSSR count). The molecule has 4 heterocycles. The molecule has 4 aromatic heterocycles. The number of rotatable bonds is 3. The SMILES string of the molecule is [2H]c1c([2H])c([2H])c(-c2cc(-c3ccc4oc5ccc6sc7ccccc7c6c5c4c3)nc(-n3c4ccccc4c4ccccc43)n2)c([2H])c1[2H]. The van der Waals surface area contributed by atoms with Gasteiger partial charge in [0.1, 0.15) is 11.2 Å². The van der Waals surface area contributed by atoms with E-state index in [0.717, 1.165) is 54.7 Å². The second-order valence-electron chi connectivity index (χ2n) is 11.0. The molecule has 0 saturated carbocycles. The first-order valence-corrected chi connectivity index (χ1v) is 15.4. The minimum absolute atomic E-state index is 0.0166. The summed E-state index contributed by atoms with van der Waals surface area (Å²) in [5.41, 5.74) is 4.87. The first kappa shape index (κ1) is 20.2. The van der Waals surface area contributed by atoms with E-state index in [9.17, 15) is 0 Å². The van der Waals surface area contributed by atoms with E-state index >= 15 is 0 Å². The fraction of sp³-hybridized carbons (Fsp3) is 0. The van der Waals surface area contributed by atoms with E-state index in [2.05, 4.69) is 48.5 Å². The van der Waals surface area contributed by atoms with E-state index in [0.29, 0.717) is 11.6 Å². The number of nitrogens with zero attached hydrogens (tertiary/aromatic N) is 3. The van der Waals surface area contributed by atoms with Crippen LogP contribution < -0.4 is 0 Å². The van der Waals surface area contributed by atoms with Crippen molar-refractivity contribution in [1.82, 2.24) is 14.5 Å². The van der Waals surface area contributed by atoms with E-state index in [-0.39, 0.29) is 23.3 Å². The van der Waals surface area contributed by atoms with Crippen molar-refractivity contribution in [3.05, 3.63) is 139 Å². The van der Waals surface area contributed by atoms with Gasteiger partial charge in [-0.1, -0.05) is 84.8 Å². The highest BCUT2D eigenvalue weighted by molar-refractivity contribution is 7.26. The summed E-state index contributed by atoms with van der Waals surface area (Å²) in [6.07, 6.45) is 0. The van der Waals surface area contributed by atoms with Gasteiger partial charge in [0.15, 0.2) is 0 Å². The van der Waals surface area contributed by atoms with E-state index in [1.165, 1.54) is 14.8 Å². The van der Waals surface area contributed by atoms with E-state index in [1.807, 2.05) is 59.2 Å². The van der Waals surface area contributed by atoms with Crippen LogP contribution in [0.25, 0.3) is 92.4 Å². The maximum Gasteiger partial charge on any atom is 0.235 e. The first-order valence-electron chi connectivity index (χ1n) is 17.1. The molecule has 45 heavy (non-hydrogen) atoms. The van der Waals surface area contributed by atoms with E-state index < -0.39 is 18.1 Å². The lowest BCUT2D eigenvalue weighted by atomic mass is 10.0. The molecule has 5 heteroatoms. The predicted molar refractivity (Wildman–Crippen MR) is 187 cm³/mol. The predicted octanol–water partition coefficient (Wildman–Crippen LogP) is 11.2. The minimum atomic E-state index is -0.454.